The summed E-state index contributed by atoms with van der Waals surface area (Å²) in [7, 11) is 0. The van der Waals surface area contributed by atoms with Crippen LogP contribution in [0.2, 0.25) is 0 Å². The number of hydrogen-bond acceptors (Lipinski definition) is 3. The SMILES string of the molecule is CC(N)c1cccc2ccccc12.O=C(O)C(O)c1ccccc1. The fraction of sp³-hybridized carbons (Fsp3) is 0.150. The Hall–Kier alpha value is -2.69. The van der Waals surface area contributed by atoms with Crippen molar-refractivity contribution in [3.05, 3.63) is 83.9 Å². The molecule has 0 bridgehead atoms. The highest BCUT2D eigenvalue weighted by Crippen LogP contribution is 2.22. The smallest absolute Gasteiger partial charge is 0.337 e. The van der Waals surface area contributed by atoms with E-state index in [2.05, 4.69) is 30.3 Å². The first kappa shape index (κ1) is 17.7. The number of rotatable bonds is 3. The van der Waals surface area contributed by atoms with Gasteiger partial charge in [-0.3, -0.25) is 0 Å². The van der Waals surface area contributed by atoms with E-state index in [9.17, 15) is 4.79 Å². The molecule has 3 aromatic carbocycles. The molecule has 0 saturated carbocycles. The van der Waals surface area contributed by atoms with Crippen molar-refractivity contribution < 1.29 is 15.0 Å². The Balaban J connectivity index is 0.000000177. The molecular weight excluding hydrogens is 302 g/mol. The summed E-state index contributed by atoms with van der Waals surface area (Å²) in [5.74, 6) is -1.23. The monoisotopic (exact) mass is 323 g/mol. The molecule has 0 radical (unpaired) electrons. The number of nitrogens with two attached hydrogens (primary N) is 1. The van der Waals surface area contributed by atoms with E-state index in [0.29, 0.717) is 5.56 Å². The van der Waals surface area contributed by atoms with Gasteiger partial charge in [-0.05, 0) is 28.8 Å². The number of benzene rings is 3. The number of carboxylic acids is 1. The van der Waals surface area contributed by atoms with E-state index in [4.69, 9.17) is 15.9 Å². The Morgan fingerprint density at radius 3 is 2.12 bits per heavy atom. The molecule has 124 valence electrons. The molecule has 4 N–H and O–H groups in total. The first-order valence-electron chi connectivity index (χ1n) is 7.69. The van der Waals surface area contributed by atoms with Crippen LogP contribution in [0.3, 0.4) is 0 Å². The number of aliphatic hydroxyl groups excluding tert-OH is 1. The highest BCUT2D eigenvalue weighted by atomic mass is 16.4. The molecule has 3 rings (SSSR count). The van der Waals surface area contributed by atoms with E-state index >= 15 is 0 Å². The molecule has 0 heterocycles. The summed E-state index contributed by atoms with van der Waals surface area (Å²) in [6.07, 6.45) is -1.41. The predicted octanol–water partition coefficient (Wildman–Crippen LogP) is 3.66. The number of aliphatic carboxylic acids is 1. The minimum Gasteiger partial charge on any atom is -0.479 e. The molecule has 0 aliphatic rings. The first-order valence-corrected chi connectivity index (χ1v) is 7.69. The van der Waals surface area contributed by atoms with Gasteiger partial charge in [0.25, 0.3) is 0 Å². The van der Waals surface area contributed by atoms with Gasteiger partial charge in [-0.25, -0.2) is 4.79 Å². The van der Waals surface area contributed by atoms with Gasteiger partial charge in [0.05, 0.1) is 0 Å². The van der Waals surface area contributed by atoms with E-state index in [0.717, 1.165) is 0 Å². The molecule has 0 spiro atoms. The van der Waals surface area contributed by atoms with Crippen molar-refractivity contribution in [2.45, 2.75) is 19.1 Å². The lowest BCUT2D eigenvalue weighted by Crippen LogP contribution is -2.09. The summed E-state index contributed by atoms with van der Waals surface area (Å²) in [5, 5.41) is 19.9. The van der Waals surface area contributed by atoms with Crippen LogP contribution in [0.15, 0.2) is 72.8 Å². The van der Waals surface area contributed by atoms with E-state index in [1.165, 1.54) is 16.3 Å². The molecule has 0 fully saturated rings. The van der Waals surface area contributed by atoms with Crippen LogP contribution in [-0.4, -0.2) is 16.2 Å². The summed E-state index contributed by atoms with van der Waals surface area (Å²) < 4.78 is 0. The number of aliphatic hydroxyl groups is 1. The van der Waals surface area contributed by atoms with Crippen molar-refractivity contribution in [3.8, 4) is 0 Å². The highest BCUT2D eigenvalue weighted by Gasteiger charge is 2.14. The van der Waals surface area contributed by atoms with Gasteiger partial charge in [0.15, 0.2) is 6.10 Å². The van der Waals surface area contributed by atoms with Crippen LogP contribution in [0.1, 0.15) is 30.2 Å². The van der Waals surface area contributed by atoms with E-state index in [-0.39, 0.29) is 6.04 Å². The maximum absolute atomic E-state index is 10.2. The second kappa shape index (κ2) is 8.24. The molecule has 24 heavy (non-hydrogen) atoms. The minimum absolute atomic E-state index is 0.103. The Morgan fingerprint density at radius 2 is 1.50 bits per heavy atom. The number of carboxylic acid groups (broad SMARTS) is 1. The van der Waals surface area contributed by atoms with Gasteiger partial charge in [-0.1, -0.05) is 72.8 Å². The van der Waals surface area contributed by atoms with Crippen LogP contribution in [-0.2, 0) is 4.79 Å². The molecule has 3 aromatic rings. The van der Waals surface area contributed by atoms with Gasteiger partial charge in [-0.2, -0.15) is 0 Å². The van der Waals surface area contributed by atoms with Gasteiger partial charge < -0.3 is 15.9 Å². The van der Waals surface area contributed by atoms with Crippen molar-refractivity contribution in [2.75, 3.05) is 0 Å². The van der Waals surface area contributed by atoms with Crippen LogP contribution in [0.4, 0.5) is 0 Å². The summed E-state index contributed by atoms with van der Waals surface area (Å²) in [6, 6.07) is 23.0. The average Bonchev–Trinajstić information content (AvgIpc) is 2.61. The molecule has 4 nitrogen and oxygen atoms in total. The molecule has 0 aliphatic carbocycles. The Bertz CT molecular complexity index is 795. The molecule has 0 saturated heterocycles. The summed E-state index contributed by atoms with van der Waals surface area (Å²) >= 11 is 0. The van der Waals surface area contributed by atoms with Crippen molar-refractivity contribution in [1.29, 1.82) is 0 Å². The fourth-order valence-corrected chi connectivity index (χ4v) is 2.43. The molecular formula is C20H21NO3. The van der Waals surface area contributed by atoms with Gasteiger partial charge in [-0.15, -0.1) is 0 Å². The minimum atomic E-state index is -1.41. The Labute approximate surface area is 141 Å². The Kier molecular flexibility index (Phi) is 6.07. The second-order valence-electron chi connectivity index (χ2n) is 5.51. The highest BCUT2D eigenvalue weighted by molar-refractivity contribution is 5.86. The van der Waals surface area contributed by atoms with Crippen molar-refractivity contribution >= 4 is 16.7 Å². The molecule has 0 aliphatic heterocycles. The zero-order valence-corrected chi connectivity index (χ0v) is 13.5. The quantitative estimate of drug-likeness (QED) is 0.687. The normalized spacial score (nSPS) is 12.8. The maximum Gasteiger partial charge on any atom is 0.337 e. The maximum atomic E-state index is 10.2. The lowest BCUT2D eigenvalue weighted by atomic mass is 10.0. The van der Waals surface area contributed by atoms with Crippen LogP contribution in [0, 0.1) is 0 Å². The second-order valence-corrected chi connectivity index (χ2v) is 5.51. The van der Waals surface area contributed by atoms with E-state index in [1.807, 2.05) is 19.1 Å². The van der Waals surface area contributed by atoms with Gasteiger partial charge >= 0.3 is 5.97 Å². The third-order valence-electron chi connectivity index (χ3n) is 3.66. The van der Waals surface area contributed by atoms with Crippen LogP contribution >= 0.6 is 0 Å². The van der Waals surface area contributed by atoms with Crippen molar-refractivity contribution in [1.82, 2.24) is 0 Å². The van der Waals surface area contributed by atoms with Gasteiger partial charge in [0, 0.05) is 6.04 Å². The summed E-state index contributed by atoms with van der Waals surface area (Å²) in [6.45, 7) is 2.02. The van der Waals surface area contributed by atoms with Crippen molar-refractivity contribution in [2.24, 2.45) is 5.73 Å². The zero-order valence-electron chi connectivity index (χ0n) is 13.5. The molecule has 0 aromatic heterocycles. The van der Waals surface area contributed by atoms with Crippen molar-refractivity contribution in [3.63, 3.8) is 0 Å². The lowest BCUT2D eigenvalue weighted by Gasteiger charge is -2.09. The third kappa shape index (κ3) is 4.41. The number of fused-ring (bicyclic) bond motifs is 1. The predicted molar refractivity (Wildman–Crippen MR) is 95.6 cm³/mol. The summed E-state index contributed by atoms with van der Waals surface area (Å²) in [4.78, 5) is 10.2. The van der Waals surface area contributed by atoms with Crippen LogP contribution in [0.5, 0.6) is 0 Å². The fourth-order valence-electron chi connectivity index (χ4n) is 2.43. The number of carbonyl (C=O) groups is 1. The lowest BCUT2D eigenvalue weighted by molar-refractivity contribution is -0.146. The first-order chi connectivity index (χ1) is 11.5. The molecule has 4 heteroatoms. The average molecular weight is 323 g/mol. The van der Waals surface area contributed by atoms with Crippen LogP contribution in [0.25, 0.3) is 10.8 Å². The Morgan fingerprint density at radius 1 is 0.917 bits per heavy atom. The van der Waals surface area contributed by atoms with E-state index < -0.39 is 12.1 Å². The molecule has 2 atom stereocenters. The van der Waals surface area contributed by atoms with Crippen LogP contribution < -0.4 is 5.73 Å². The largest absolute Gasteiger partial charge is 0.479 e. The third-order valence-corrected chi connectivity index (χ3v) is 3.66. The van der Waals surface area contributed by atoms with Gasteiger partial charge in [0.1, 0.15) is 0 Å². The topological polar surface area (TPSA) is 83.6 Å². The molecule has 0 amide bonds. The molecule has 2 unspecified atom stereocenters. The summed E-state index contributed by atoms with van der Waals surface area (Å²) in [5.41, 5.74) is 7.50. The zero-order chi connectivity index (χ0) is 17.5. The number of hydrogen-bond donors (Lipinski definition) is 3. The van der Waals surface area contributed by atoms with E-state index in [1.54, 1.807) is 30.3 Å². The van der Waals surface area contributed by atoms with Gasteiger partial charge in [0.2, 0.25) is 0 Å². The standard InChI is InChI=1S/C12H13N.C8H8O3/c1-9(13)11-8-4-6-10-5-2-3-7-12(10)11;9-7(8(10)11)6-4-2-1-3-5-6/h2-9H,13H2,1H3;1-5,7,9H,(H,10,11).